The van der Waals surface area contributed by atoms with Crippen LogP contribution >= 0.6 is 31.3 Å². The average molecular weight is 700 g/mol. The minimum atomic E-state index is -5.39. The standard InChI is InChI=1S/C2H6O.4H3O4P.3Zr/c1-2-3;4*1-5(2,3)4;;;/h3H,2H2,1H3;4*(H3,1,2,3,4);;;/q;;;;;3*+4/p-12. The van der Waals surface area contributed by atoms with E-state index in [4.69, 9.17) is 82.1 Å². The summed E-state index contributed by atoms with van der Waals surface area (Å²) in [6.45, 7) is 1.93. The van der Waals surface area contributed by atoms with Gasteiger partial charge in [-0.25, -0.2) is 0 Å². The molecule has 17 nitrogen and oxygen atoms in total. The van der Waals surface area contributed by atoms with Gasteiger partial charge >= 0.3 is 78.6 Å². The first-order chi connectivity index (χ1) is 9.41. The molecule has 0 atom stereocenters. The molecule has 0 radical (unpaired) electrons. The number of rotatable bonds is 0. The van der Waals surface area contributed by atoms with E-state index in [9.17, 15) is 0 Å². The Balaban J connectivity index is -0.0000000255. The van der Waals surface area contributed by atoms with Crippen LogP contribution in [-0.2, 0) is 96.9 Å². The minimum absolute atomic E-state index is 0. The maximum atomic E-state index is 8.55. The summed E-state index contributed by atoms with van der Waals surface area (Å²) in [5.41, 5.74) is 0. The smallest absolute Gasteiger partial charge is 0.822 e. The molecular formula is C2H6O17P4Zr3. The summed E-state index contributed by atoms with van der Waals surface area (Å²) in [7, 11) is -21.6. The summed E-state index contributed by atoms with van der Waals surface area (Å²) in [5, 5.41) is 7.57. The monoisotopic (exact) mass is 696 g/mol. The van der Waals surface area contributed by atoms with Crippen LogP contribution < -0.4 is 58.7 Å². The molecule has 0 aromatic heterocycles. The predicted octanol–water partition coefficient (Wildman–Crippen LogP) is -11.3. The molecule has 0 unspecified atom stereocenters. The summed E-state index contributed by atoms with van der Waals surface area (Å²) in [5.74, 6) is 0. The molecule has 0 rings (SSSR count). The largest absolute Gasteiger partial charge is 4.00 e. The van der Waals surface area contributed by atoms with Gasteiger partial charge in [0.25, 0.3) is 0 Å². The molecule has 0 bridgehead atoms. The van der Waals surface area contributed by atoms with Crippen molar-refractivity contribution in [3.63, 3.8) is 0 Å². The molecule has 0 aliphatic rings. The SMILES string of the molecule is CCO.O=P([O-])([O-])[O-].O=P([O-])([O-])[O-].O=P([O-])([O-])[O-].O=P([O-])([O-])[O-].[Zr+4].[Zr+4].[Zr+4]. The first-order valence-corrected chi connectivity index (χ1v) is 9.79. The third-order valence-electron chi connectivity index (χ3n) is 0. The van der Waals surface area contributed by atoms with Crippen molar-refractivity contribution in [1.29, 1.82) is 0 Å². The Labute approximate surface area is 203 Å². The van der Waals surface area contributed by atoms with Crippen LogP contribution in [0.1, 0.15) is 6.92 Å². The van der Waals surface area contributed by atoms with Crippen LogP contribution in [-0.4, -0.2) is 11.7 Å². The molecular weight excluding hydrogens is 694 g/mol. The molecule has 148 valence electrons. The zero-order valence-electron chi connectivity index (χ0n) is 12.0. The van der Waals surface area contributed by atoms with E-state index in [-0.39, 0.29) is 85.2 Å². The summed E-state index contributed by atoms with van der Waals surface area (Å²) in [6, 6.07) is 0. The number of hydrogen-bond donors (Lipinski definition) is 1. The van der Waals surface area contributed by atoms with E-state index in [1.54, 1.807) is 6.92 Å². The topological polar surface area (TPSA) is 365 Å². The van der Waals surface area contributed by atoms with Crippen molar-refractivity contribution in [2.75, 3.05) is 6.61 Å². The van der Waals surface area contributed by atoms with Crippen molar-refractivity contribution in [2.45, 2.75) is 6.92 Å². The van der Waals surface area contributed by atoms with Crippen molar-refractivity contribution in [3.05, 3.63) is 0 Å². The molecule has 0 saturated heterocycles. The Morgan fingerprint density at radius 1 is 0.500 bits per heavy atom. The van der Waals surface area contributed by atoms with Gasteiger partial charge in [0.15, 0.2) is 0 Å². The van der Waals surface area contributed by atoms with Crippen molar-refractivity contribution in [1.82, 2.24) is 0 Å². The van der Waals surface area contributed by atoms with E-state index < -0.39 is 31.3 Å². The molecule has 0 fully saturated rings. The second-order valence-corrected chi connectivity index (χ2v) is 5.68. The van der Waals surface area contributed by atoms with Crippen molar-refractivity contribution in [2.24, 2.45) is 0 Å². The molecule has 0 saturated carbocycles. The number of hydrogen-bond acceptors (Lipinski definition) is 17. The Hall–Kier alpha value is 3.05. The summed E-state index contributed by atoms with van der Waals surface area (Å²) in [6.07, 6.45) is 0. The average Bonchev–Trinajstić information content (AvgIpc) is 1.87. The van der Waals surface area contributed by atoms with Crippen LogP contribution in [0.3, 0.4) is 0 Å². The van der Waals surface area contributed by atoms with Crippen LogP contribution in [0.2, 0.25) is 0 Å². The maximum Gasteiger partial charge on any atom is 4.00 e. The van der Waals surface area contributed by atoms with Gasteiger partial charge in [0, 0.05) is 6.61 Å². The maximum absolute atomic E-state index is 8.55. The first kappa shape index (κ1) is 51.6. The number of aliphatic hydroxyl groups is 1. The van der Waals surface area contributed by atoms with Gasteiger partial charge in [0.05, 0.1) is 0 Å². The van der Waals surface area contributed by atoms with E-state index in [0.29, 0.717) is 0 Å². The van der Waals surface area contributed by atoms with Gasteiger partial charge in [0.2, 0.25) is 0 Å². The summed E-state index contributed by atoms with van der Waals surface area (Å²) >= 11 is 0. The third kappa shape index (κ3) is 1970. The van der Waals surface area contributed by atoms with Gasteiger partial charge in [0.1, 0.15) is 0 Å². The molecule has 0 amide bonds. The Morgan fingerprint density at radius 3 is 0.500 bits per heavy atom. The normalized spacial score (nSPS) is 9.77. The molecule has 1 N–H and O–H groups in total. The van der Waals surface area contributed by atoms with E-state index in [1.165, 1.54) is 0 Å². The molecule has 26 heavy (non-hydrogen) atoms. The van der Waals surface area contributed by atoms with Gasteiger partial charge in [-0.2, -0.15) is 31.3 Å². The van der Waals surface area contributed by atoms with Crippen LogP contribution in [0.4, 0.5) is 0 Å². The second-order valence-electron chi connectivity index (χ2n) is 2.11. The van der Waals surface area contributed by atoms with E-state index >= 15 is 0 Å². The Kier molecular flexibility index (Phi) is 51.8. The van der Waals surface area contributed by atoms with Gasteiger partial charge in [-0.1, -0.05) is 0 Å². The van der Waals surface area contributed by atoms with E-state index in [2.05, 4.69) is 0 Å². The zero-order valence-corrected chi connectivity index (χ0v) is 22.9. The molecule has 0 aliphatic heterocycles. The van der Waals surface area contributed by atoms with E-state index in [1.807, 2.05) is 0 Å². The van der Waals surface area contributed by atoms with Crippen LogP contribution in [0.15, 0.2) is 0 Å². The fraction of sp³-hybridized carbons (Fsp3) is 1.00. The molecule has 0 aromatic rings. The fourth-order valence-corrected chi connectivity index (χ4v) is 0. The molecule has 0 heterocycles. The molecule has 0 aromatic carbocycles. The second kappa shape index (κ2) is 26.1. The van der Waals surface area contributed by atoms with Crippen LogP contribution in [0.25, 0.3) is 0 Å². The van der Waals surface area contributed by atoms with Crippen molar-refractivity contribution in [3.8, 4) is 0 Å². The quantitative estimate of drug-likeness (QED) is 0.229. The Bertz CT molecular complexity index is 316. The number of phosphoric acid groups is 4. The van der Waals surface area contributed by atoms with Crippen LogP contribution in [0.5, 0.6) is 0 Å². The number of aliphatic hydroxyl groups excluding tert-OH is 1. The Morgan fingerprint density at radius 2 is 0.500 bits per heavy atom. The fourth-order valence-electron chi connectivity index (χ4n) is 0. The van der Waals surface area contributed by atoms with Crippen molar-refractivity contribution < 1.29 is 161 Å². The van der Waals surface area contributed by atoms with Crippen LogP contribution in [0, 0.1) is 0 Å². The zero-order chi connectivity index (χ0) is 20.7. The molecule has 0 spiro atoms. The van der Waals surface area contributed by atoms with Gasteiger partial charge in [-0.3, -0.25) is 0 Å². The summed E-state index contributed by atoms with van der Waals surface area (Å²) in [4.78, 5) is 103. The molecule has 0 aliphatic carbocycles. The van der Waals surface area contributed by atoms with Gasteiger partial charge in [-0.15, -0.1) is 0 Å². The minimum Gasteiger partial charge on any atom is -0.822 e. The predicted molar refractivity (Wildman–Crippen MR) is 43.2 cm³/mol. The third-order valence-corrected chi connectivity index (χ3v) is 0. The molecule has 24 heteroatoms. The van der Waals surface area contributed by atoms with Gasteiger partial charge in [-0.05, 0) is 6.92 Å². The van der Waals surface area contributed by atoms with E-state index in [0.717, 1.165) is 0 Å². The summed E-state index contributed by atoms with van der Waals surface area (Å²) < 4.78 is 34.2. The van der Waals surface area contributed by atoms with Gasteiger partial charge < -0.3 is 82.1 Å². The first-order valence-electron chi connectivity index (χ1n) is 3.94. The van der Waals surface area contributed by atoms with Crippen molar-refractivity contribution >= 4 is 31.3 Å².